The van der Waals surface area contributed by atoms with Gasteiger partial charge in [-0.05, 0) is 49.1 Å². The number of rotatable bonds is 2. The number of allylic oxidation sites excluding steroid dienone is 2. The van der Waals surface area contributed by atoms with Crippen LogP contribution in [-0.4, -0.2) is 4.98 Å². The molecule has 1 aromatic heterocycles. The quantitative estimate of drug-likeness (QED) is 0.665. The minimum Gasteiger partial charge on any atom is -0.256 e. The number of fused-ring (bicyclic) bond motifs is 1. The highest BCUT2D eigenvalue weighted by Gasteiger charge is 2.18. The van der Waals surface area contributed by atoms with Crippen molar-refractivity contribution in [2.24, 2.45) is 0 Å². The Bertz CT molecular complexity index is 596. The van der Waals surface area contributed by atoms with E-state index in [0.717, 1.165) is 11.9 Å². The fourth-order valence-corrected chi connectivity index (χ4v) is 2.63. The van der Waals surface area contributed by atoms with Crippen LogP contribution in [0.5, 0.6) is 0 Å². The van der Waals surface area contributed by atoms with Gasteiger partial charge in [-0.1, -0.05) is 38.5 Å². The van der Waals surface area contributed by atoms with Crippen molar-refractivity contribution >= 4 is 10.9 Å². The predicted molar refractivity (Wildman–Crippen MR) is 83.6 cm³/mol. The SMILES string of the molecule is CC.CCc1ccnc2ccc(C3C=C(C)C3)cc12. The third-order valence-electron chi connectivity index (χ3n) is 3.69. The summed E-state index contributed by atoms with van der Waals surface area (Å²) in [5.74, 6) is 0.629. The molecule has 1 atom stereocenters. The Hall–Kier alpha value is -1.63. The molecule has 3 rings (SSSR count). The standard InChI is InChI=1S/C16H17N.C2H6/c1-3-12-6-7-17-16-5-4-13(10-15(12)16)14-8-11(2)9-14;1-2/h4-8,10,14H,3,9H2,1-2H3;1-2H3. The first kappa shape index (κ1) is 13.8. The summed E-state index contributed by atoms with van der Waals surface area (Å²) in [5.41, 5.74) is 5.47. The zero-order valence-corrected chi connectivity index (χ0v) is 12.4. The Balaban J connectivity index is 0.000000637. The number of aryl methyl sites for hydroxylation is 1. The second-order valence-corrected chi connectivity index (χ2v) is 4.92. The Morgan fingerprint density at radius 2 is 1.95 bits per heavy atom. The number of pyridine rings is 1. The van der Waals surface area contributed by atoms with E-state index in [0.29, 0.717) is 5.92 Å². The van der Waals surface area contributed by atoms with Crippen molar-refractivity contribution in [2.45, 2.75) is 46.5 Å². The summed E-state index contributed by atoms with van der Waals surface area (Å²) in [6.07, 6.45) is 6.56. The lowest BCUT2D eigenvalue weighted by molar-refractivity contribution is 0.740. The van der Waals surface area contributed by atoms with Crippen molar-refractivity contribution in [1.82, 2.24) is 4.98 Å². The lowest BCUT2D eigenvalue weighted by Crippen LogP contribution is -2.06. The zero-order valence-electron chi connectivity index (χ0n) is 12.4. The average Bonchev–Trinajstić information content (AvgIpc) is 2.45. The molecule has 0 amide bonds. The molecule has 0 radical (unpaired) electrons. The van der Waals surface area contributed by atoms with Gasteiger partial charge in [0.15, 0.2) is 0 Å². The van der Waals surface area contributed by atoms with E-state index in [1.54, 1.807) is 0 Å². The first-order valence-corrected chi connectivity index (χ1v) is 7.32. The van der Waals surface area contributed by atoms with Gasteiger partial charge in [0, 0.05) is 17.5 Å². The molecule has 0 aliphatic heterocycles. The van der Waals surface area contributed by atoms with Gasteiger partial charge >= 0.3 is 0 Å². The van der Waals surface area contributed by atoms with Crippen LogP contribution >= 0.6 is 0 Å². The van der Waals surface area contributed by atoms with E-state index in [9.17, 15) is 0 Å². The van der Waals surface area contributed by atoms with Crippen LogP contribution in [0.1, 0.15) is 51.2 Å². The number of nitrogens with zero attached hydrogens (tertiary/aromatic N) is 1. The molecule has 0 saturated heterocycles. The van der Waals surface area contributed by atoms with Crippen molar-refractivity contribution in [3.8, 4) is 0 Å². The Kier molecular flexibility index (Phi) is 4.36. The molecule has 1 nitrogen and oxygen atoms in total. The summed E-state index contributed by atoms with van der Waals surface area (Å²) in [5, 5.41) is 1.32. The predicted octanol–water partition coefficient (Wildman–Crippen LogP) is 5.26. The Morgan fingerprint density at radius 1 is 1.21 bits per heavy atom. The highest BCUT2D eigenvalue weighted by Crippen LogP contribution is 2.35. The summed E-state index contributed by atoms with van der Waals surface area (Å²) in [4.78, 5) is 4.43. The molecule has 1 aromatic carbocycles. The van der Waals surface area contributed by atoms with Gasteiger partial charge in [-0.3, -0.25) is 4.98 Å². The van der Waals surface area contributed by atoms with Gasteiger partial charge in [0.25, 0.3) is 0 Å². The minimum absolute atomic E-state index is 0.629. The van der Waals surface area contributed by atoms with Crippen LogP contribution in [0, 0.1) is 0 Å². The molecule has 1 heteroatoms. The van der Waals surface area contributed by atoms with Crippen LogP contribution in [0.2, 0.25) is 0 Å². The maximum Gasteiger partial charge on any atom is 0.0704 e. The number of benzene rings is 1. The van der Waals surface area contributed by atoms with Gasteiger partial charge in [0.05, 0.1) is 5.52 Å². The van der Waals surface area contributed by atoms with Crippen LogP contribution in [0.25, 0.3) is 10.9 Å². The molecule has 0 saturated carbocycles. The first-order valence-electron chi connectivity index (χ1n) is 7.32. The lowest BCUT2D eigenvalue weighted by atomic mass is 9.81. The second-order valence-electron chi connectivity index (χ2n) is 4.92. The van der Waals surface area contributed by atoms with Crippen LogP contribution in [-0.2, 0) is 6.42 Å². The van der Waals surface area contributed by atoms with Crippen molar-refractivity contribution < 1.29 is 0 Å². The molecular formula is C18H23N. The van der Waals surface area contributed by atoms with Crippen LogP contribution in [0.15, 0.2) is 42.1 Å². The van der Waals surface area contributed by atoms with Gasteiger partial charge in [0.1, 0.15) is 0 Å². The fraction of sp³-hybridized carbons (Fsp3) is 0.389. The van der Waals surface area contributed by atoms with Crippen molar-refractivity contribution in [1.29, 1.82) is 0 Å². The molecule has 1 unspecified atom stereocenters. The molecule has 0 spiro atoms. The van der Waals surface area contributed by atoms with Crippen LogP contribution < -0.4 is 0 Å². The van der Waals surface area contributed by atoms with Gasteiger partial charge in [-0.15, -0.1) is 0 Å². The van der Waals surface area contributed by atoms with E-state index < -0.39 is 0 Å². The molecular weight excluding hydrogens is 230 g/mol. The van der Waals surface area contributed by atoms with E-state index in [1.807, 2.05) is 20.0 Å². The molecule has 0 N–H and O–H groups in total. The minimum atomic E-state index is 0.629. The lowest BCUT2D eigenvalue weighted by Gasteiger charge is -2.23. The van der Waals surface area contributed by atoms with Crippen molar-refractivity contribution in [3.63, 3.8) is 0 Å². The normalized spacial score (nSPS) is 17.3. The Morgan fingerprint density at radius 3 is 2.58 bits per heavy atom. The summed E-state index contributed by atoms with van der Waals surface area (Å²) in [7, 11) is 0. The average molecular weight is 253 g/mol. The van der Waals surface area contributed by atoms with E-state index in [1.165, 1.54) is 28.5 Å². The van der Waals surface area contributed by atoms with E-state index in [-0.39, 0.29) is 0 Å². The van der Waals surface area contributed by atoms with Crippen molar-refractivity contribution in [3.05, 3.63) is 53.2 Å². The molecule has 1 heterocycles. The third kappa shape index (κ3) is 2.70. The van der Waals surface area contributed by atoms with Crippen molar-refractivity contribution in [2.75, 3.05) is 0 Å². The zero-order chi connectivity index (χ0) is 13.8. The highest BCUT2D eigenvalue weighted by molar-refractivity contribution is 5.83. The topological polar surface area (TPSA) is 12.9 Å². The molecule has 0 bridgehead atoms. The maximum absolute atomic E-state index is 4.43. The van der Waals surface area contributed by atoms with Crippen LogP contribution in [0.4, 0.5) is 0 Å². The highest BCUT2D eigenvalue weighted by atomic mass is 14.6. The smallest absolute Gasteiger partial charge is 0.0704 e. The molecule has 2 aromatic rings. The molecule has 19 heavy (non-hydrogen) atoms. The number of hydrogen-bond donors (Lipinski definition) is 0. The molecule has 1 aliphatic carbocycles. The summed E-state index contributed by atoms with van der Waals surface area (Å²) in [6, 6.07) is 8.84. The molecule has 1 aliphatic rings. The number of aromatic nitrogens is 1. The summed E-state index contributed by atoms with van der Waals surface area (Å²) < 4.78 is 0. The van der Waals surface area contributed by atoms with Gasteiger partial charge in [0.2, 0.25) is 0 Å². The molecule has 100 valence electrons. The molecule has 0 fully saturated rings. The number of hydrogen-bond acceptors (Lipinski definition) is 1. The van der Waals surface area contributed by atoms with E-state index in [4.69, 9.17) is 0 Å². The van der Waals surface area contributed by atoms with E-state index in [2.05, 4.69) is 49.2 Å². The van der Waals surface area contributed by atoms with Gasteiger partial charge in [-0.2, -0.15) is 0 Å². The summed E-state index contributed by atoms with van der Waals surface area (Å²) >= 11 is 0. The second kappa shape index (κ2) is 6.01. The van der Waals surface area contributed by atoms with Gasteiger partial charge < -0.3 is 0 Å². The maximum atomic E-state index is 4.43. The van der Waals surface area contributed by atoms with Gasteiger partial charge in [-0.25, -0.2) is 0 Å². The monoisotopic (exact) mass is 253 g/mol. The third-order valence-corrected chi connectivity index (χ3v) is 3.69. The first-order chi connectivity index (χ1) is 9.28. The van der Waals surface area contributed by atoms with Crippen LogP contribution in [0.3, 0.4) is 0 Å². The van der Waals surface area contributed by atoms with E-state index >= 15 is 0 Å². The Labute approximate surface area is 116 Å². The largest absolute Gasteiger partial charge is 0.256 e. The summed E-state index contributed by atoms with van der Waals surface area (Å²) in [6.45, 7) is 8.41. The fourth-order valence-electron chi connectivity index (χ4n) is 2.63.